The van der Waals surface area contributed by atoms with Gasteiger partial charge in [-0.3, -0.25) is 19.2 Å². The number of allylic oxidation sites excluding steroid dienone is 2. The Bertz CT molecular complexity index is 1410. The Morgan fingerprint density at radius 1 is 0.872 bits per heavy atom. The van der Waals surface area contributed by atoms with E-state index in [2.05, 4.69) is 24.3 Å². The van der Waals surface area contributed by atoms with Crippen LogP contribution in [-0.2, 0) is 54.0 Å². The average molecular weight is 673 g/mol. The Kier molecular flexibility index (Phi) is 10.8. The monoisotopic (exact) mass is 672 g/mol. The lowest BCUT2D eigenvalue weighted by molar-refractivity contribution is -0.245. The van der Waals surface area contributed by atoms with Gasteiger partial charge in [-0.1, -0.05) is 49.3 Å². The smallest absolute Gasteiger partial charge is 0.303 e. The number of alkyl halides is 1. The van der Waals surface area contributed by atoms with Crippen LogP contribution in [0.25, 0.3) is 0 Å². The number of ether oxygens (including phenoxy) is 6. The van der Waals surface area contributed by atoms with Gasteiger partial charge in [-0.05, 0) is 61.3 Å². The number of carbonyl (C=O) groups excluding carboxylic acids is 4. The molecule has 0 bridgehead atoms. The van der Waals surface area contributed by atoms with Crippen LogP contribution in [0.4, 0.5) is 0 Å². The number of benzene rings is 1. The molecular weight excluding hydrogens is 628 g/mol. The van der Waals surface area contributed by atoms with Gasteiger partial charge >= 0.3 is 23.9 Å². The number of hydrogen-bond acceptors (Lipinski definition) is 10. The van der Waals surface area contributed by atoms with Crippen LogP contribution in [0.15, 0.2) is 47.6 Å². The number of esters is 4. The largest absolute Gasteiger partial charge is 0.463 e. The van der Waals surface area contributed by atoms with Gasteiger partial charge in [0.15, 0.2) is 18.3 Å². The normalized spacial score (nSPS) is 31.4. The van der Waals surface area contributed by atoms with Crippen molar-refractivity contribution < 1.29 is 47.6 Å². The molecule has 47 heavy (non-hydrogen) atoms. The first-order valence-electron chi connectivity index (χ1n) is 16.4. The molecule has 0 aromatic heterocycles. The summed E-state index contributed by atoms with van der Waals surface area (Å²) in [5.41, 5.74) is 4.00. The minimum absolute atomic E-state index is 0.0639. The van der Waals surface area contributed by atoms with Crippen LogP contribution in [0.2, 0.25) is 0 Å². The predicted octanol–water partition coefficient (Wildman–Crippen LogP) is 5.43. The van der Waals surface area contributed by atoms with Gasteiger partial charge in [0, 0.05) is 33.6 Å². The Labute approximate surface area is 281 Å². The van der Waals surface area contributed by atoms with Crippen molar-refractivity contribution in [2.75, 3.05) is 13.2 Å². The summed E-state index contributed by atoms with van der Waals surface area (Å²) in [7, 11) is 0. The standard InChI is InChI=1S/C36H45ClO10/c1-21(38)42-20-30-32(44-22(2)39)34(46-24(4)41)33(45-23(3)40)31(47-30)27-12-15-35(5,37)29(17-27)16-25-8-10-26(11-9-25)28-18-36(43-19-28)13-6-7-14-36/h8-12,17,28,30-34H,6-7,13-16,18-20H2,1-5H3/t28?,30-,31?,32-,33+,34+,35?/m1/s1. The van der Waals surface area contributed by atoms with Crippen LogP contribution in [0, 0.1) is 0 Å². The van der Waals surface area contributed by atoms with E-state index >= 15 is 0 Å². The lowest BCUT2D eigenvalue weighted by atomic mass is 9.81. The van der Waals surface area contributed by atoms with Crippen LogP contribution in [0.1, 0.15) is 90.2 Å². The van der Waals surface area contributed by atoms with Crippen LogP contribution < -0.4 is 0 Å². The van der Waals surface area contributed by atoms with E-state index in [4.69, 9.17) is 40.0 Å². The molecule has 0 N–H and O–H groups in total. The molecule has 1 saturated carbocycles. The molecule has 5 rings (SSSR count). The SMILES string of the molecule is CC(=O)OC[C@H]1OC(C2=CCC(C)(Cl)C(Cc3ccc(C4COC5(CCCC5)C4)cc3)=C2)[C@H](OC(C)=O)[C@@H](OC(C)=O)[C@@H]1OC(C)=O. The molecule has 1 spiro atoms. The molecule has 256 valence electrons. The summed E-state index contributed by atoms with van der Waals surface area (Å²) in [6.45, 7) is 7.30. The first kappa shape index (κ1) is 35.1. The second-order valence-corrected chi connectivity index (χ2v) is 14.2. The number of carbonyl (C=O) groups is 4. The van der Waals surface area contributed by atoms with E-state index in [9.17, 15) is 19.2 Å². The van der Waals surface area contributed by atoms with Gasteiger partial charge in [0.05, 0.1) is 17.1 Å². The molecule has 2 aliphatic carbocycles. The molecule has 10 nitrogen and oxygen atoms in total. The van der Waals surface area contributed by atoms with E-state index < -0.39 is 59.3 Å². The number of halogens is 1. The van der Waals surface area contributed by atoms with E-state index in [1.807, 2.05) is 19.1 Å². The van der Waals surface area contributed by atoms with E-state index in [0.29, 0.717) is 24.3 Å². The van der Waals surface area contributed by atoms with Crippen molar-refractivity contribution in [3.8, 4) is 0 Å². The summed E-state index contributed by atoms with van der Waals surface area (Å²) < 4.78 is 34.8. The lowest BCUT2D eigenvalue weighted by Gasteiger charge is -2.45. The van der Waals surface area contributed by atoms with Crippen molar-refractivity contribution in [3.63, 3.8) is 0 Å². The average Bonchev–Trinajstić information content (AvgIpc) is 3.64. The van der Waals surface area contributed by atoms with Gasteiger partial charge in [0.25, 0.3) is 0 Å². The Balaban J connectivity index is 1.41. The fourth-order valence-corrected chi connectivity index (χ4v) is 7.53. The highest BCUT2D eigenvalue weighted by Crippen LogP contribution is 2.46. The highest BCUT2D eigenvalue weighted by molar-refractivity contribution is 6.26. The maximum absolute atomic E-state index is 12.3. The van der Waals surface area contributed by atoms with Crippen molar-refractivity contribution in [2.24, 2.45) is 0 Å². The first-order chi connectivity index (χ1) is 22.2. The fraction of sp³-hybridized carbons (Fsp3) is 0.611. The molecule has 7 atom stereocenters. The lowest BCUT2D eigenvalue weighted by Crippen LogP contribution is -2.62. The van der Waals surface area contributed by atoms with E-state index in [0.717, 1.165) is 37.0 Å². The predicted molar refractivity (Wildman–Crippen MR) is 172 cm³/mol. The van der Waals surface area contributed by atoms with Crippen molar-refractivity contribution >= 4 is 35.5 Å². The third kappa shape index (κ3) is 8.45. The zero-order valence-corrected chi connectivity index (χ0v) is 28.5. The van der Waals surface area contributed by atoms with Crippen molar-refractivity contribution in [2.45, 2.75) is 126 Å². The highest BCUT2D eigenvalue weighted by atomic mass is 35.5. The Morgan fingerprint density at radius 2 is 1.49 bits per heavy atom. The van der Waals surface area contributed by atoms with Gasteiger partial charge < -0.3 is 28.4 Å². The van der Waals surface area contributed by atoms with Gasteiger partial charge in [0.1, 0.15) is 18.8 Å². The number of rotatable bonds is 9. The van der Waals surface area contributed by atoms with E-state index in [-0.39, 0.29) is 12.2 Å². The van der Waals surface area contributed by atoms with E-state index in [1.165, 1.54) is 46.1 Å². The molecule has 0 radical (unpaired) electrons. The topological polar surface area (TPSA) is 124 Å². The summed E-state index contributed by atoms with van der Waals surface area (Å²) in [5, 5.41) is 0. The minimum atomic E-state index is -1.24. The second kappa shape index (κ2) is 14.5. The van der Waals surface area contributed by atoms with Crippen LogP contribution in [-0.4, -0.2) is 78.1 Å². The van der Waals surface area contributed by atoms with Crippen molar-refractivity contribution in [1.82, 2.24) is 0 Å². The van der Waals surface area contributed by atoms with Crippen LogP contribution >= 0.6 is 11.6 Å². The van der Waals surface area contributed by atoms with Crippen molar-refractivity contribution in [1.29, 1.82) is 0 Å². The quantitative estimate of drug-likeness (QED) is 0.191. The van der Waals surface area contributed by atoms with Gasteiger partial charge in [-0.15, -0.1) is 11.6 Å². The summed E-state index contributed by atoms with van der Waals surface area (Å²) in [5.74, 6) is -2.17. The summed E-state index contributed by atoms with van der Waals surface area (Å²) >= 11 is 7.07. The molecular formula is C36H45ClO10. The summed E-state index contributed by atoms with van der Waals surface area (Å²) in [6.07, 6.45) is 5.10. The minimum Gasteiger partial charge on any atom is -0.463 e. The zero-order chi connectivity index (χ0) is 33.9. The highest BCUT2D eigenvalue weighted by Gasteiger charge is 2.53. The molecule has 4 aliphatic rings. The maximum Gasteiger partial charge on any atom is 0.303 e. The zero-order valence-electron chi connectivity index (χ0n) is 27.8. The molecule has 3 fully saturated rings. The van der Waals surface area contributed by atoms with Crippen molar-refractivity contribution in [3.05, 3.63) is 58.7 Å². The second-order valence-electron chi connectivity index (χ2n) is 13.4. The fourth-order valence-electron chi connectivity index (χ4n) is 7.34. The molecule has 1 aromatic rings. The first-order valence-corrected chi connectivity index (χ1v) is 16.8. The molecule has 2 heterocycles. The molecule has 3 unspecified atom stereocenters. The molecule has 0 amide bonds. The summed E-state index contributed by atoms with van der Waals surface area (Å²) in [6, 6.07) is 8.63. The molecule has 2 saturated heterocycles. The number of hydrogen-bond donors (Lipinski definition) is 0. The summed E-state index contributed by atoms with van der Waals surface area (Å²) in [4.78, 5) is 47.7. The molecule has 1 aromatic carbocycles. The van der Waals surface area contributed by atoms with E-state index in [1.54, 1.807) is 0 Å². The molecule has 11 heteroatoms. The van der Waals surface area contributed by atoms with Gasteiger partial charge in [-0.2, -0.15) is 0 Å². The Hall–Kier alpha value is -3.21. The third-order valence-electron chi connectivity index (χ3n) is 9.62. The van der Waals surface area contributed by atoms with Crippen LogP contribution in [0.5, 0.6) is 0 Å². The van der Waals surface area contributed by atoms with Crippen LogP contribution in [0.3, 0.4) is 0 Å². The van der Waals surface area contributed by atoms with Gasteiger partial charge in [-0.25, -0.2) is 0 Å². The third-order valence-corrected chi connectivity index (χ3v) is 10.0. The Morgan fingerprint density at radius 3 is 2.11 bits per heavy atom. The maximum atomic E-state index is 12.3. The van der Waals surface area contributed by atoms with Gasteiger partial charge in [0.2, 0.25) is 0 Å². The molecule has 2 aliphatic heterocycles.